The van der Waals surface area contributed by atoms with Gasteiger partial charge in [0.05, 0.1) is 11.1 Å². The number of carbonyl (C=O) groups excluding carboxylic acids is 1. The number of pyridine rings is 1. The van der Waals surface area contributed by atoms with Crippen LogP contribution in [-0.4, -0.2) is 28.6 Å². The second-order valence-corrected chi connectivity index (χ2v) is 9.81. The Labute approximate surface area is 219 Å². The summed E-state index contributed by atoms with van der Waals surface area (Å²) in [6.07, 6.45) is 4.39. The number of anilines is 1. The average molecular weight is 532 g/mol. The number of aromatic nitrogens is 1. The summed E-state index contributed by atoms with van der Waals surface area (Å²) in [6.45, 7) is 2.15. The van der Waals surface area contributed by atoms with Gasteiger partial charge in [-0.2, -0.15) is 0 Å². The van der Waals surface area contributed by atoms with Crippen LogP contribution in [0.1, 0.15) is 54.6 Å². The highest BCUT2D eigenvalue weighted by molar-refractivity contribution is 6.36. The fourth-order valence-electron chi connectivity index (χ4n) is 4.44. The molecule has 0 saturated heterocycles. The van der Waals surface area contributed by atoms with Crippen molar-refractivity contribution in [1.82, 2.24) is 10.3 Å². The lowest BCUT2D eigenvalue weighted by Crippen LogP contribution is -2.36. The van der Waals surface area contributed by atoms with Gasteiger partial charge < -0.3 is 20.9 Å². The Balaban J connectivity index is 1.46. The topological polar surface area (TPSA) is 97.5 Å². The van der Waals surface area contributed by atoms with Gasteiger partial charge in [0.2, 0.25) is 0 Å². The Hall–Kier alpha value is -2.87. The molecule has 0 spiro atoms. The fraction of sp³-hybridized carbons (Fsp3) is 0.333. The van der Waals surface area contributed by atoms with Crippen molar-refractivity contribution in [3.05, 3.63) is 75.7 Å². The van der Waals surface area contributed by atoms with Gasteiger partial charge in [-0.3, -0.25) is 4.79 Å². The zero-order valence-electron chi connectivity index (χ0n) is 19.8. The Morgan fingerprint density at radius 3 is 2.64 bits per heavy atom. The predicted octanol–water partition coefficient (Wildman–Crippen LogP) is 6.20. The lowest BCUT2D eigenvalue weighted by atomic mass is 9.86. The van der Waals surface area contributed by atoms with Crippen LogP contribution in [0.4, 0.5) is 10.2 Å². The molecule has 36 heavy (non-hydrogen) atoms. The van der Waals surface area contributed by atoms with Crippen LogP contribution < -0.4 is 15.8 Å². The summed E-state index contributed by atoms with van der Waals surface area (Å²) in [5, 5.41) is 13.2. The van der Waals surface area contributed by atoms with Crippen molar-refractivity contribution in [1.29, 1.82) is 0 Å². The van der Waals surface area contributed by atoms with Gasteiger partial charge in [-0.05, 0) is 55.7 Å². The lowest BCUT2D eigenvalue weighted by molar-refractivity contribution is 0.0663. The Kier molecular flexibility index (Phi) is 8.34. The minimum Gasteiger partial charge on any atom is -0.482 e. The first-order chi connectivity index (χ1) is 17.2. The van der Waals surface area contributed by atoms with Gasteiger partial charge in [0.15, 0.2) is 11.6 Å². The van der Waals surface area contributed by atoms with E-state index < -0.39 is 11.9 Å². The van der Waals surface area contributed by atoms with E-state index in [1.54, 1.807) is 31.3 Å². The molecule has 190 valence electrons. The number of carbonyl (C=O) groups is 1. The highest BCUT2D eigenvalue weighted by Crippen LogP contribution is 2.37. The van der Waals surface area contributed by atoms with E-state index in [4.69, 9.17) is 33.7 Å². The Morgan fingerprint density at radius 1 is 1.19 bits per heavy atom. The third kappa shape index (κ3) is 5.91. The first-order valence-electron chi connectivity index (χ1n) is 11.9. The molecule has 3 aromatic rings. The number of halogens is 3. The second kappa shape index (κ2) is 11.5. The van der Waals surface area contributed by atoms with Crippen molar-refractivity contribution in [2.24, 2.45) is 5.92 Å². The summed E-state index contributed by atoms with van der Waals surface area (Å²) in [5.74, 6) is -0.220. The maximum absolute atomic E-state index is 13.9. The number of nitrogens with one attached hydrogen (secondary N) is 1. The van der Waals surface area contributed by atoms with Gasteiger partial charge in [0, 0.05) is 40.4 Å². The number of hydrogen-bond acceptors (Lipinski definition) is 5. The smallest absolute Gasteiger partial charge is 0.251 e. The third-order valence-corrected chi connectivity index (χ3v) is 7.26. The van der Waals surface area contributed by atoms with Crippen LogP contribution in [0.15, 0.2) is 48.7 Å². The SMILES string of the molecule is C[C@H](Oc1cc(-c2ccc(C(=O)NC[C@@H]3CCCC[C@H]3O)cc2)cnc1N)c1c(Cl)ccc(F)c1Cl. The predicted molar refractivity (Wildman–Crippen MR) is 140 cm³/mol. The normalized spacial score (nSPS) is 18.5. The number of nitrogens with two attached hydrogens (primary N) is 1. The molecule has 2 aromatic carbocycles. The van der Waals surface area contributed by atoms with Crippen molar-refractivity contribution in [3.8, 4) is 16.9 Å². The van der Waals surface area contributed by atoms with Crippen molar-refractivity contribution in [3.63, 3.8) is 0 Å². The van der Waals surface area contributed by atoms with Crippen molar-refractivity contribution >= 4 is 34.9 Å². The summed E-state index contributed by atoms with van der Waals surface area (Å²) in [4.78, 5) is 16.8. The van der Waals surface area contributed by atoms with E-state index in [0.717, 1.165) is 36.8 Å². The standard InChI is InChI=1S/C27H28Cl2FN3O3/c1-15(24-20(28)10-11-21(30)25(24)29)36-23-12-19(14-32-26(23)31)16-6-8-17(9-7-16)27(35)33-13-18-4-2-3-5-22(18)34/h6-12,14-15,18,22,34H,2-5,13H2,1H3,(H2,31,32)(H,33,35)/t15-,18-,22+/m0/s1. The molecule has 9 heteroatoms. The van der Waals surface area contributed by atoms with E-state index >= 15 is 0 Å². The van der Waals surface area contributed by atoms with E-state index in [-0.39, 0.29) is 33.8 Å². The number of ether oxygens (including phenoxy) is 1. The van der Waals surface area contributed by atoms with Crippen LogP contribution in [0.2, 0.25) is 10.0 Å². The van der Waals surface area contributed by atoms with Crippen LogP contribution >= 0.6 is 23.2 Å². The van der Waals surface area contributed by atoms with E-state index in [9.17, 15) is 14.3 Å². The molecule has 6 nitrogen and oxygen atoms in total. The molecular weight excluding hydrogens is 504 g/mol. The van der Waals surface area contributed by atoms with Crippen LogP contribution in [0.5, 0.6) is 5.75 Å². The van der Waals surface area contributed by atoms with Gasteiger partial charge in [-0.15, -0.1) is 0 Å². The van der Waals surface area contributed by atoms with E-state index in [1.807, 2.05) is 12.1 Å². The maximum Gasteiger partial charge on any atom is 0.251 e. The molecule has 0 aliphatic heterocycles. The van der Waals surface area contributed by atoms with Crippen molar-refractivity contribution in [2.45, 2.75) is 44.8 Å². The molecule has 1 heterocycles. The molecule has 0 unspecified atom stereocenters. The zero-order valence-corrected chi connectivity index (χ0v) is 21.3. The Bertz CT molecular complexity index is 1240. The summed E-state index contributed by atoms with van der Waals surface area (Å²) in [6, 6.07) is 11.4. The first-order valence-corrected chi connectivity index (χ1v) is 12.6. The van der Waals surface area contributed by atoms with E-state index in [2.05, 4.69) is 10.3 Å². The summed E-state index contributed by atoms with van der Waals surface area (Å²) in [7, 11) is 0. The molecule has 1 fully saturated rings. The zero-order chi connectivity index (χ0) is 25.8. The van der Waals surface area contributed by atoms with Gasteiger partial charge in [0.25, 0.3) is 5.91 Å². The third-order valence-electron chi connectivity index (χ3n) is 6.55. The number of nitrogen functional groups attached to an aromatic ring is 1. The van der Waals surface area contributed by atoms with Crippen LogP contribution in [0.3, 0.4) is 0 Å². The molecule has 1 aliphatic rings. The molecule has 0 radical (unpaired) electrons. The van der Waals surface area contributed by atoms with Crippen LogP contribution in [0, 0.1) is 11.7 Å². The molecule has 0 bridgehead atoms. The number of nitrogens with zero attached hydrogens (tertiary/aromatic N) is 1. The lowest BCUT2D eigenvalue weighted by Gasteiger charge is -2.27. The Morgan fingerprint density at radius 2 is 1.92 bits per heavy atom. The van der Waals surface area contributed by atoms with Crippen LogP contribution in [-0.2, 0) is 0 Å². The van der Waals surface area contributed by atoms with Gasteiger partial charge >= 0.3 is 0 Å². The first kappa shape index (κ1) is 26.2. The maximum atomic E-state index is 13.9. The van der Waals surface area contributed by atoms with Gasteiger partial charge in [-0.1, -0.05) is 48.2 Å². The van der Waals surface area contributed by atoms with Crippen molar-refractivity contribution < 1.29 is 19.0 Å². The molecule has 1 amide bonds. The van der Waals surface area contributed by atoms with Crippen molar-refractivity contribution in [2.75, 3.05) is 12.3 Å². The van der Waals surface area contributed by atoms with Crippen LogP contribution in [0.25, 0.3) is 11.1 Å². The molecule has 1 aliphatic carbocycles. The summed E-state index contributed by atoms with van der Waals surface area (Å²) >= 11 is 12.3. The fourth-order valence-corrected chi connectivity index (χ4v) is 5.12. The quantitative estimate of drug-likeness (QED) is 0.315. The molecule has 3 atom stereocenters. The van der Waals surface area contributed by atoms with Gasteiger partial charge in [0.1, 0.15) is 11.9 Å². The number of benzene rings is 2. The minimum absolute atomic E-state index is 0.0979. The number of aliphatic hydroxyl groups excluding tert-OH is 1. The molecular formula is C27H28Cl2FN3O3. The largest absolute Gasteiger partial charge is 0.482 e. The molecule has 1 aromatic heterocycles. The van der Waals surface area contributed by atoms with E-state index in [0.29, 0.717) is 23.4 Å². The summed E-state index contributed by atoms with van der Waals surface area (Å²) < 4.78 is 19.9. The molecule has 4 rings (SSSR count). The second-order valence-electron chi connectivity index (χ2n) is 9.02. The number of amides is 1. The molecule has 1 saturated carbocycles. The molecule has 4 N–H and O–H groups in total. The monoisotopic (exact) mass is 531 g/mol. The minimum atomic E-state index is -0.686. The number of rotatable bonds is 7. The van der Waals surface area contributed by atoms with E-state index in [1.165, 1.54) is 12.1 Å². The highest BCUT2D eigenvalue weighted by Gasteiger charge is 2.24. The number of aliphatic hydroxyl groups is 1. The average Bonchev–Trinajstić information content (AvgIpc) is 2.87. The van der Waals surface area contributed by atoms with Gasteiger partial charge in [-0.25, -0.2) is 9.37 Å². The number of hydrogen-bond donors (Lipinski definition) is 3. The summed E-state index contributed by atoms with van der Waals surface area (Å²) in [5.41, 5.74) is 8.39. The highest BCUT2D eigenvalue weighted by atomic mass is 35.5.